The maximum absolute atomic E-state index is 11.0. The minimum absolute atomic E-state index is 0.0397. The number of aromatic amines is 1. The van der Waals surface area contributed by atoms with Crippen molar-refractivity contribution in [2.24, 2.45) is 0 Å². The van der Waals surface area contributed by atoms with Crippen molar-refractivity contribution in [3.63, 3.8) is 0 Å². The van der Waals surface area contributed by atoms with E-state index in [9.17, 15) is 4.79 Å². The van der Waals surface area contributed by atoms with Gasteiger partial charge < -0.3 is 10.1 Å². The fourth-order valence-corrected chi connectivity index (χ4v) is 1.27. The van der Waals surface area contributed by atoms with E-state index in [1.807, 2.05) is 0 Å². The molecule has 0 atom stereocenters. The lowest BCUT2D eigenvalue weighted by Crippen LogP contribution is -2.15. The zero-order chi connectivity index (χ0) is 9.52. The SMILES string of the molecule is O=c1[nH]ccn1CCCCCCO. The topological polar surface area (TPSA) is 58.0 Å². The van der Waals surface area contributed by atoms with Gasteiger partial charge in [0.25, 0.3) is 0 Å². The molecule has 2 N–H and O–H groups in total. The van der Waals surface area contributed by atoms with E-state index < -0.39 is 0 Å². The molecule has 0 spiro atoms. The average Bonchev–Trinajstić information content (AvgIpc) is 2.52. The monoisotopic (exact) mass is 184 g/mol. The zero-order valence-corrected chi connectivity index (χ0v) is 7.70. The van der Waals surface area contributed by atoms with Crippen LogP contribution < -0.4 is 5.69 Å². The number of nitrogens with zero attached hydrogens (tertiary/aromatic N) is 1. The van der Waals surface area contributed by atoms with Crippen LogP contribution in [0.2, 0.25) is 0 Å². The van der Waals surface area contributed by atoms with Crippen molar-refractivity contribution in [3.05, 3.63) is 22.9 Å². The summed E-state index contributed by atoms with van der Waals surface area (Å²) in [6.45, 7) is 1.04. The molecule has 0 bridgehead atoms. The van der Waals surface area contributed by atoms with Gasteiger partial charge in [-0.05, 0) is 12.8 Å². The van der Waals surface area contributed by atoms with Gasteiger partial charge in [-0.3, -0.25) is 4.57 Å². The Morgan fingerprint density at radius 2 is 2.08 bits per heavy atom. The number of aliphatic hydroxyl groups excluding tert-OH is 1. The molecule has 0 radical (unpaired) electrons. The Hall–Kier alpha value is -1.03. The summed E-state index contributed by atoms with van der Waals surface area (Å²) < 4.78 is 1.67. The van der Waals surface area contributed by atoms with Crippen LogP contribution in [0.1, 0.15) is 25.7 Å². The number of nitrogens with one attached hydrogen (secondary N) is 1. The maximum Gasteiger partial charge on any atom is 0.325 e. The second kappa shape index (κ2) is 5.59. The molecule has 0 fully saturated rings. The van der Waals surface area contributed by atoms with Crippen molar-refractivity contribution in [3.8, 4) is 0 Å². The molecule has 0 saturated carbocycles. The van der Waals surface area contributed by atoms with Crippen LogP contribution in [0.25, 0.3) is 0 Å². The van der Waals surface area contributed by atoms with Crippen LogP contribution in [0.4, 0.5) is 0 Å². The highest BCUT2D eigenvalue weighted by Gasteiger charge is 1.94. The molecule has 1 rings (SSSR count). The summed E-state index contributed by atoms with van der Waals surface area (Å²) in [5.74, 6) is 0. The molecular formula is C9H16N2O2. The van der Waals surface area contributed by atoms with Crippen LogP contribution in [-0.2, 0) is 6.54 Å². The van der Waals surface area contributed by atoms with Crippen molar-refractivity contribution in [1.29, 1.82) is 0 Å². The third-order valence-electron chi connectivity index (χ3n) is 2.03. The molecule has 1 aromatic rings. The summed E-state index contributed by atoms with van der Waals surface area (Å²) in [6, 6.07) is 0. The van der Waals surface area contributed by atoms with E-state index in [2.05, 4.69) is 4.98 Å². The predicted molar refractivity (Wildman–Crippen MR) is 50.6 cm³/mol. The van der Waals surface area contributed by atoms with Crippen molar-refractivity contribution in [2.45, 2.75) is 32.2 Å². The second-order valence-electron chi connectivity index (χ2n) is 3.10. The third-order valence-corrected chi connectivity index (χ3v) is 2.03. The molecule has 0 aliphatic rings. The highest BCUT2D eigenvalue weighted by atomic mass is 16.2. The highest BCUT2D eigenvalue weighted by molar-refractivity contribution is 4.75. The number of H-pyrrole nitrogens is 1. The molecule has 0 amide bonds. The first-order valence-electron chi connectivity index (χ1n) is 4.69. The van der Waals surface area contributed by atoms with Crippen molar-refractivity contribution in [2.75, 3.05) is 6.61 Å². The second-order valence-corrected chi connectivity index (χ2v) is 3.10. The van der Waals surface area contributed by atoms with Gasteiger partial charge in [0.2, 0.25) is 0 Å². The van der Waals surface area contributed by atoms with E-state index in [1.165, 1.54) is 0 Å². The van der Waals surface area contributed by atoms with E-state index in [4.69, 9.17) is 5.11 Å². The van der Waals surface area contributed by atoms with Crippen molar-refractivity contribution < 1.29 is 5.11 Å². The molecule has 4 nitrogen and oxygen atoms in total. The number of imidazole rings is 1. The van der Waals surface area contributed by atoms with Gasteiger partial charge in [-0.25, -0.2) is 4.79 Å². The molecule has 13 heavy (non-hydrogen) atoms. The summed E-state index contributed by atoms with van der Waals surface area (Å²) in [7, 11) is 0. The number of aryl methyl sites for hydroxylation is 1. The third kappa shape index (κ3) is 3.46. The number of aromatic nitrogens is 2. The molecule has 4 heteroatoms. The van der Waals surface area contributed by atoms with Gasteiger partial charge in [-0.1, -0.05) is 12.8 Å². The van der Waals surface area contributed by atoms with E-state index in [0.29, 0.717) is 0 Å². The maximum atomic E-state index is 11.0. The van der Waals surface area contributed by atoms with Gasteiger partial charge in [0.15, 0.2) is 0 Å². The molecule has 0 aromatic carbocycles. The minimum atomic E-state index is -0.0397. The Kier molecular flexibility index (Phi) is 4.32. The number of hydrogen-bond donors (Lipinski definition) is 2. The molecule has 0 aliphatic carbocycles. The number of rotatable bonds is 6. The lowest BCUT2D eigenvalue weighted by Gasteiger charge is -2.00. The standard InChI is InChI=1S/C9H16N2O2/c12-8-4-2-1-3-6-11-7-5-10-9(11)13/h5,7,12H,1-4,6,8H2,(H,10,13). The zero-order valence-electron chi connectivity index (χ0n) is 7.70. The van der Waals surface area contributed by atoms with E-state index in [0.717, 1.165) is 32.2 Å². The molecule has 0 aliphatic heterocycles. The summed E-state index contributed by atoms with van der Waals surface area (Å²) >= 11 is 0. The van der Waals surface area contributed by atoms with Crippen LogP contribution >= 0.6 is 0 Å². The Labute approximate surface area is 77.2 Å². The first-order chi connectivity index (χ1) is 6.34. The Bertz CT molecular complexity index is 277. The van der Waals surface area contributed by atoms with Gasteiger partial charge in [0, 0.05) is 25.5 Å². The lowest BCUT2D eigenvalue weighted by atomic mass is 10.2. The molecule has 74 valence electrons. The minimum Gasteiger partial charge on any atom is -0.396 e. The molecule has 0 saturated heterocycles. The first-order valence-corrected chi connectivity index (χ1v) is 4.69. The van der Waals surface area contributed by atoms with Gasteiger partial charge in [-0.15, -0.1) is 0 Å². The average molecular weight is 184 g/mol. The van der Waals surface area contributed by atoms with Crippen LogP contribution in [0.15, 0.2) is 17.2 Å². The molecular weight excluding hydrogens is 168 g/mol. The molecule has 1 aromatic heterocycles. The smallest absolute Gasteiger partial charge is 0.325 e. The van der Waals surface area contributed by atoms with Gasteiger partial charge >= 0.3 is 5.69 Å². The summed E-state index contributed by atoms with van der Waals surface area (Å²) in [6.07, 6.45) is 7.37. The van der Waals surface area contributed by atoms with Crippen molar-refractivity contribution in [1.82, 2.24) is 9.55 Å². The Morgan fingerprint density at radius 1 is 1.31 bits per heavy atom. The molecule has 1 heterocycles. The number of aliphatic hydroxyl groups is 1. The summed E-state index contributed by atoms with van der Waals surface area (Å²) in [5.41, 5.74) is -0.0397. The lowest BCUT2D eigenvalue weighted by molar-refractivity contribution is 0.282. The van der Waals surface area contributed by atoms with Crippen LogP contribution in [0.5, 0.6) is 0 Å². The van der Waals surface area contributed by atoms with Gasteiger partial charge in [0.1, 0.15) is 0 Å². The van der Waals surface area contributed by atoms with Gasteiger partial charge in [0.05, 0.1) is 0 Å². The fraction of sp³-hybridized carbons (Fsp3) is 0.667. The number of hydrogen-bond acceptors (Lipinski definition) is 2. The van der Waals surface area contributed by atoms with Crippen LogP contribution in [-0.4, -0.2) is 21.3 Å². The molecule has 0 unspecified atom stereocenters. The summed E-state index contributed by atoms with van der Waals surface area (Å²) in [5, 5.41) is 8.53. The normalized spacial score (nSPS) is 10.5. The quantitative estimate of drug-likeness (QED) is 0.640. The largest absolute Gasteiger partial charge is 0.396 e. The van der Waals surface area contributed by atoms with E-state index >= 15 is 0 Å². The van der Waals surface area contributed by atoms with Crippen LogP contribution in [0.3, 0.4) is 0 Å². The Balaban J connectivity index is 2.13. The van der Waals surface area contributed by atoms with Crippen LogP contribution in [0, 0.1) is 0 Å². The highest BCUT2D eigenvalue weighted by Crippen LogP contribution is 2.00. The number of unbranched alkanes of at least 4 members (excludes halogenated alkanes) is 3. The van der Waals surface area contributed by atoms with Gasteiger partial charge in [-0.2, -0.15) is 0 Å². The Morgan fingerprint density at radius 3 is 2.69 bits per heavy atom. The first kappa shape index (κ1) is 10.1. The fourth-order valence-electron chi connectivity index (χ4n) is 1.27. The van der Waals surface area contributed by atoms with Crippen molar-refractivity contribution >= 4 is 0 Å². The van der Waals surface area contributed by atoms with E-state index in [-0.39, 0.29) is 12.3 Å². The summed E-state index contributed by atoms with van der Waals surface area (Å²) in [4.78, 5) is 13.6. The van der Waals surface area contributed by atoms with E-state index in [1.54, 1.807) is 17.0 Å². The predicted octanol–water partition coefficient (Wildman–Crippen LogP) is 0.729.